The van der Waals surface area contributed by atoms with Crippen LogP contribution >= 0.6 is 0 Å². The van der Waals surface area contributed by atoms with E-state index in [1.165, 1.54) is 23.8 Å². The number of methoxy groups -OCH3 is 3. The average Bonchev–Trinajstić information content (AvgIpc) is 2.72. The van der Waals surface area contributed by atoms with Crippen molar-refractivity contribution >= 4 is 5.97 Å². The number of fused-ring (bicyclic) bond motifs is 1. The number of esters is 1. The molecule has 0 amide bonds. The second-order valence-corrected chi connectivity index (χ2v) is 6.74. The Kier molecular flexibility index (Phi) is 6.35. The number of rotatable bonds is 7. The molecular formula is C22H27NO4. The van der Waals surface area contributed by atoms with Gasteiger partial charge >= 0.3 is 5.97 Å². The third-order valence-corrected chi connectivity index (χ3v) is 5.19. The summed E-state index contributed by atoms with van der Waals surface area (Å²) < 4.78 is 15.8. The van der Waals surface area contributed by atoms with Gasteiger partial charge in [-0.3, -0.25) is 9.69 Å². The molecule has 5 heteroatoms. The quantitative estimate of drug-likeness (QED) is 0.696. The van der Waals surface area contributed by atoms with Crippen LogP contribution in [0.4, 0.5) is 0 Å². The fourth-order valence-corrected chi connectivity index (χ4v) is 3.78. The SMILES string of the molecule is COC(=O)CC[C@H]1c2cc(OC)c(OC)cc2CCN1Cc1ccccc1. The minimum absolute atomic E-state index is 0.132. The van der Waals surface area contributed by atoms with Gasteiger partial charge in [0.15, 0.2) is 11.5 Å². The second kappa shape index (κ2) is 8.91. The molecule has 1 aliphatic rings. The molecule has 5 nitrogen and oxygen atoms in total. The highest BCUT2D eigenvalue weighted by Crippen LogP contribution is 2.40. The molecule has 3 rings (SSSR count). The highest BCUT2D eigenvalue weighted by atomic mass is 16.5. The summed E-state index contributed by atoms with van der Waals surface area (Å²) in [6.45, 7) is 1.78. The van der Waals surface area contributed by atoms with Crippen LogP contribution in [-0.2, 0) is 22.5 Å². The molecule has 144 valence electrons. The summed E-state index contributed by atoms with van der Waals surface area (Å²) in [4.78, 5) is 14.2. The Morgan fingerprint density at radius 2 is 1.78 bits per heavy atom. The van der Waals surface area contributed by atoms with Crippen LogP contribution in [0.5, 0.6) is 11.5 Å². The van der Waals surface area contributed by atoms with Crippen LogP contribution in [0.3, 0.4) is 0 Å². The van der Waals surface area contributed by atoms with Crippen molar-refractivity contribution in [2.75, 3.05) is 27.9 Å². The number of carbonyl (C=O) groups excluding carboxylic acids is 1. The molecule has 0 saturated heterocycles. The average molecular weight is 369 g/mol. The molecule has 27 heavy (non-hydrogen) atoms. The van der Waals surface area contributed by atoms with E-state index in [0.717, 1.165) is 31.0 Å². The first-order chi connectivity index (χ1) is 13.2. The minimum atomic E-state index is -0.178. The summed E-state index contributed by atoms with van der Waals surface area (Å²) in [6, 6.07) is 14.7. The standard InChI is InChI=1S/C22H27NO4/c1-25-20-13-17-11-12-23(15-16-7-5-4-6-8-16)19(9-10-22(24)27-3)18(17)14-21(20)26-2/h4-8,13-14,19H,9-12,15H2,1-3H3/t19-/m0/s1. The maximum absolute atomic E-state index is 11.8. The molecule has 0 bridgehead atoms. The molecule has 0 N–H and O–H groups in total. The summed E-state index contributed by atoms with van der Waals surface area (Å²) in [5, 5.41) is 0. The smallest absolute Gasteiger partial charge is 0.305 e. The minimum Gasteiger partial charge on any atom is -0.493 e. The molecule has 0 aliphatic carbocycles. The number of hydrogen-bond acceptors (Lipinski definition) is 5. The molecule has 0 saturated carbocycles. The molecule has 0 aromatic heterocycles. The van der Waals surface area contributed by atoms with Gasteiger partial charge in [0.2, 0.25) is 0 Å². The molecule has 2 aromatic rings. The van der Waals surface area contributed by atoms with Gasteiger partial charge in [0, 0.05) is 25.6 Å². The van der Waals surface area contributed by atoms with E-state index in [1.807, 2.05) is 6.07 Å². The van der Waals surface area contributed by atoms with Crippen LogP contribution in [0, 0.1) is 0 Å². The summed E-state index contributed by atoms with van der Waals surface area (Å²) in [5.74, 6) is 1.29. The fourth-order valence-electron chi connectivity index (χ4n) is 3.78. The van der Waals surface area contributed by atoms with E-state index in [9.17, 15) is 4.79 Å². The number of nitrogens with zero attached hydrogens (tertiary/aromatic N) is 1. The Labute approximate surface area is 160 Å². The molecular weight excluding hydrogens is 342 g/mol. The summed E-state index contributed by atoms with van der Waals surface area (Å²) in [5.41, 5.74) is 3.73. The number of ether oxygens (including phenoxy) is 3. The van der Waals surface area contributed by atoms with Crippen LogP contribution in [0.2, 0.25) is 0 Å². The zero-order valence-corrected chi connectivity index (χ0v) is 16.2. The Hall–Kier alpha value is -2.53. The van der Waals surface area contributed by atoms with Crippen molar-refractivity contribution in [3.8, 4) is 11.5 Å². The Morgan fingerprint density at radius 1 is 1.07 bits per heavy atom. The lowest BCUT2D eigenvalue weighted by Crippen LogP contribution is -2.35. The largest absolute Gasteiger partial charge is 0.493 e. The van der Waals surface area contributed by atoms with Crippen LogP contribution in [0.25, 0.3) is 0 Å². The predicted octanol–water partition coefficient (Wildman–Crippen LogP) is 3.76. The van der Waals surface area contributed by atoms with Crippen molar-refractivity contribution in [3.05, 3.63) is 59.2 Å². The molecule has 2 aromatic carbocycles. The van der Waals surface area contributed by atoms with Gasteiger partial charge in [0.1, 0.15) is 0 Å². The van der Waals surface area contributed by atoms with Gasteiger partial charge in [-0.15, -0.1) is 0 Å². The van der Waals surface area contributed by atoms with Gasteiger partial charge < -0.3 is 14.2 Å². The molecule has 1 aliphatic heterocycles. The zero-order chi connectivity index (χ0) is 19.2. The van der Waals surface area contributed by atoms with Gasteiger partial charge in [-0.2, -0.15) is 0 Å². The first kappa shape index (κ1) is 19.2. The van der Waals surface area contributed by atoms with Crippen LogP contribution in [0.1, 0.15) is 35.6 Å². The van der Waals surface area contributed by atoms with Crippen molar-refractivity contribution in [1.29, 1.82) is 0 Å². The van der Waals surface area contributed by atoms with E-state index in [4.69, 9.17) is 14.2 Å². The Morgan fingerprint density at radius 3 is 2.44 bits per heavy atom. The van der Waals surface area contributed by atoms with Crippen LogP contribution in [-0.4, -0.2) is 38.7 Å². The highest BCUT2D eigenvalue weighted by molar-refractivity contribution is 5.69. The van der Waals surface area contributed by atoms with Gasteiger partial charge in [0.05, 0.1) is 21.3 Å². The van der Waals surface area contributed by atoms with E-state index in [1.54, 1.807) is 14.2 Å². The maximum Gasteiger partial charge on any atom is 0.305 e. The van der Waals surface area contributed by atoms with Crippen molar-refractivity contribution in [1.82, 2.24) is 4.90 Å². The van der Waals surface area contributed by atoms with Crippen molar-refractivity contribution in [3.63, 3.8) is 0 Å². The number of hydrogen-bond donors (Lipinski definition) is 0. The Bertz CT molecular complexity index is 775. The second-order valence-electron chi connectivity index (χ2n) is 6.74. The first-order valence-corrected chi connectivity index (χ1v) is 9.25. The molecule has 1 heterocycles. The highest BCUT2D eigenvalue weighted by Gasteiger charge is 2.29. The Balaban J connectivity index is 1.92. The van der Waals surface area contributed by atoms with E-state index in [-0.39, 0.29) is 12.0 Å². The lowest BCUT2D eigenvalue weighted by Gasteiger charge is -2.38. The summed E-state index contributed by atoms with van der Waals surface area (Å²) in [6.07, 6.45) is 2.04. The number of benzene rings is 2. The number of carbonyl (C=O) groups is 1. The van der Waals surface area contributed by atoms with Crippen molar-refractivity contribution in [2.45, 2.75) is 31.8 Å². The van der Waals surface area contributed by atoms with Crippen LogP contribution < -0.4 is 9.47 Å². The first-order valence-electron chi connectivity index (χ1n) is 9.25. The normalized spacial score (nSPS) is 16.5. The van der Waals surface area contributed by atoms with E-state index < -0.39 is 0 Å². The molecule has 0 radical (unpaired) electrons. The summed E-state index contributed by atoms with van der Waals surface area (Å²) in [7, 11) is 4.74. The van der Waals surface area contributed by atoms with Gasteiger partial charge in [-0.25, -0.2) is 0 Å². The van der Waals surface area contributed by atoms with E-state index in [2.05, 4.69) is 41.3 Å². The van der Waals surface area contributed by atoms with E-state index in [0.29, 0.717) is 12.8 Å². The van der Waals surface area contributed by atoms with Gasteiger partial charge in [-0.05, 0) is 41.7 Å². The monoisotopic (exact) mass is 369 g/mol. The maximum atomic E-state index is 11.8. The molecule has 1 atom stereocenters. The predicted molar refractivity (Wildman–Crippen MR) is 104 cm³/mol. The lowest BCUT2D eigenvalue weighted by atomic mass is 9.89. The van der Waals surface area contributed by atoms with Gasteiger partial charge in [-0.1, -0.05) is 30.3 Å². The van der Waals surface area contributed by atoms with Crippen LogP contribution in [0.15, 0.2) is 42.5 Å². The molecule has 0 fully saturated rings. The molecule has 0 unspecified atom stereocenters. The van der Waals surface area contributed by atoms with Crippen molar-refractivity contribution < 1.29 is 19.0 Å². The zero-order valence-electron chi connectivity index (χ0n) is 16.2. The summed E-state index contributed by atoms with van der Waals surface area (Å²) >= 11 is 0. The third kappa shape index (κ3) is 4.42. The fraction of sp³-hybridized carbons (Fsp3) is 0.409. The topological polar surface area (TPSA) is 48.0 Å². The third-order valence-electron chi connectivity index (χ3n) is 5.19. The van der Waals surface area contributed by atoms with Gasteiger partial charge in [0.25, 0.3) is 0 Å². The lowest BCUT2D eigenvalue weighted by molar-refractivity contribution is -0.141. The molecule has 0 spiro atoms. The van der Waals surface area contributed by atoms with Crippen molar-refractivity contribution in [2.24, 2.45) is 0 Å². The van der Waals surface area contributed by atoms with E-state index >= 15 is 0 Å².